The van der Waals surface area contributed by atoms with Crippen molar-refractivity contribution in [1.82, 2.24) is 34.7 Å². The van der Waals surface area contributed by atoms with Gasteiger partial charge in [0.15, 0.2) is 0 Å². The molecule has 3 aromatic heterocycles. The number of benzene rings is 1. The smallest absolute Gasteiger partial charge is 0.234 e. The highest BCUT2D eigenvalue weighted by atomic mass is 16.3. The van der Waals surface area contributed by atoms with Crippen molar-refractivity contribution in [2.75, 3.05) is 0 Å². The molecule has 5 rings (SSSR count). The molecule has 4 heterocycles. The molecule has 0 saturated carbocycles. The van der Waals surface area contributed by atoms with Gasteiger partial charge in [0.1, 0.15) is 5.75 Å². The molecule has 1 aliphatic rings. The second-order valence-electron chi connectivity index (χ2n) is 7.42. The van der Waals surface area contributed by atoms with Gasteiger partial charge in [0.25, 0.3) is 0 Å². The number of nitrogens with one attached hydrogen (secondary N) is 1. The molecule has 0 fully saturated rings. The van der Waals surface area contributed by atoms with Gasteiger partial charge in [-0.3, -0.25) is 4.40 Å². The summed E-state index contributed by atoms with van der Waals surface area (Å²) in [6.45, 7) is 4.33. The topological polar surface area (TPSA) is 93.2 Å². The molecule has 0 radical (unpaired) electrons. The summed E-state index contributed by atoms with van der Waals surface area (Å²) in [5.74, 6) is 0.724. The molecule has 1 aromatic carbocycles. The summed E-state index contributed by atoms with van der Waals surface area (Å²) >= 11 is 0. The van der Waals surface area contributed by atoms with Gasteiger partial charge in [-0.1, -0.05) is 6.08 Å². The van der Waals surface area contributed by atoms with Crippen LogP contribution in [0, 0.1) is 0 Å². The Bertz CT molecular complexity index is 1210. The largest absolute Gasteiger partial charge is 0.507 e. The zero-order chi connectivity index (χ0) is 20.0. The molecule has 8 heteroatoms. The fourth-order valence-corrected chi connectivity index (χ4v) is 3.84. The van der Waals surface area contributed by atoms with Crippen LogP contribution in [-0.4, -0.2) is 46.6 Å². The summed E-state index contributed by atoms with van der Waals surface area (Å²) in [6.07, 6.45) is 10.2. The van der Waals surface area contributed by atoms with Crippen molar-refractivity contribution in [3.63, 3.8) is 0 Å². The molecular formula is C21H21N7O. The standard InChI is InChI=1S/C21H21N7O/c1-13-9-15(10-14(2)24-13)18-5-8-27-12-19(26-21(27)25-18)17-4-3-16(11-20(17)29)28-22-6-7-23-28/h3-9,11-14,24,29H,10H2,1-2H3. The third kappa shape index (κ3) is 3.27. The molecule has 0 aliphatic carbocycles. The van der Waals surface area contributed by atoms with Crippen LogP contribution in [0.1, 0.15) is 26.0 Å². The summed E-state index contributed by atoms with van der Waals surface area (Å²) in [6, 6.07) is 8.04. The zero-order valence-electron chi connectivity index (χ0n) is 16.2. The van der Waals surface area contributed by atoms with E-state index in [9.17, 15) is 5.11 Å². The second kappa shape index (κ2) is 6.82. The van der Waals surface area contributed by atoms with Crippen LogP contribution < -0.4 is 5.32 Å². The Labute approximate surface area is 167 Å². The molecule has 4 aromatic rings. The Balaban J connectivity index is 1.51. The van der Waals surface area contributed by atoms with Gasteiger partial charge in [-0.2, -0.15) is 15.0 Å². The van der Waals surface area contributed by atoms with Gasteiger partial charge >= 0.3 is 0 Å². The maximum atomic E-state index is 10.5. The third-order valence-electron chi connectivity index (χ3n) is 5.09. The van der Waals surface area contributed by atoms with E-state index in [0.29, 0.717) is 34.8 Å². The van der Waals surface area contributed by atoms with Gasteiger partial charge in [-0.15, -0.1) is 0 Å². The number of phenols is 1. The fourth-order valence-electron chi connectivity index (χ4n) is 3.84. The molecule has 146 valence electrons. The van der Waals surface area contributed by atoms with Gasteiger partial charge < -0.3 is 10.4 Å². The van der Waals surface area contributed by atoms with Crippen molar-refractivity contribution in [1.29, 1.82) is 0 Å². The molecule has 8 nitrogen and oxygen atoms in total. The van der Waals surface area contributed by atoms with Gasteiger partial charge in [-0.25, -0.2) is 9.97 Å². The first-order chi connectivity index (χ1) is 14.1. The highest BCUT2D eigenvalue weighted by Crippen LogP contribution is 2.30. The molecule has 2 atom stereocenters. The highest BCUT2D eigenvalue weighted by molar-refractivity contribution is 5.71. The number of aromatic nitrogens is 6. The lowest BCUT2D eigenvalue weighted by molar-refractivity contribution is 0.476. The summed E-state index contributed by atoms with van der Waals surface area (Å²) in [5, 5.41) is 22.2. The molecule has 2 N–H and O–H groups in total. The third-order valence-corrected chi connectivity index (χ3v) is 5.09. The number of rotatable bonds is 3. The van der Waals surface area contributed by atoms with Gasteiger partial charge in [0.2, 0.25) is 5.78 Å². The van der Waals surface area contributed by atoms with Crippen LogP contribution in [0.2, 0.25) is 0 Å². The molecule has 0 spiro atoms. The monoisotopic (exact) mass is 387 g/mol. The van der Waals surface area contributed by atoms with Crippen molar-refractivity contribution in [3.8, 4) is 22.7 Å². The van der Waals surface area contributed by atoms with Crippen LogP contribution >= 0.6 is 0 Å². The zero-order valence-corrected chi connectivity index (χ0v) is 16.2. The molecule has 1 aliphatic heterocycles. The maximum absolute atomic E-state index is 10.5. The molecular weight excluding hydrogens is 366 g/mol. The summed E-state index contributed by atoms with van der Waals surface area (Å²) in [4.78, 5) is 10.8. The molecule has 29 heavy (non-hydrogen) atoms. The highest BCUT2D eigenvalue weighted by Gasteiger charge is 2.18. The Morgan fingerprint density at radius 3 is 2.62 bits per heavy atom. The number of imidazole rings is 1. The Morgan fingerprint density at radius 2 is 1.86 bits per heavy atom. The van der Waals surface area contributed by atoms with E-state index in [4.69, 9.17) is 4.98 Å². The predicted molar refractivity (Wildman–Crippen MR) is 110 cm³/mol. The number of nitrogens with zero attached hydrogens (tertiary/aromatic N) is 6. The first kappa shape index (κ1) is 17.6. The van der Waals surface area contributed by atoms with Crippen molar-refractivity contribution in [3.05, 3.63) is 60.8 Å². The van der Waals surface area contributed by atoms with Crippen LogP contribution in [0.25, 0.3) is 28.3 Å². The van der Waals surface area contributed by atoms with Crippen molar-refractivity contribution < 1.29 is 5.11 Å². The quantitative estimate of drug-likeness (QED) is 0.562. The number of hydrogen-bond donors (Lipinski definition) is 2. The summed E-state index contributed by atoms with van der Waals surface area (Å²) in [5.41, 5.74) is 4.15. The first-order valence-corrected chi connectivity index (χ1v) is 9.60. The fraction of sp³-hybridized carbons (Fsp3) is 0.238. The molecule has 2 unspecified atom stereocenters. The maximum Gasteiger partial charge on any atom is 0.234 e. The van der Waals surface area contributed by atoms with Crippen LogP contribution in [0.15, 0.2) is 55.1 Å². The minimum Gasteiger partial charge on any atom is -0.507 e. The molecule has 0 amide bonds. The second-order valence-corrected chi connectivity index (χ2v) is 7.42. The van der Waals surface area contributed by atoms with E-state index in [2.05, 4.69) is 40.4 Å². The van der Waals surface area contributed by atoms with E-state index in [1.165, 1.54) is 10.4 Å². The van der Waals surface area contributed by atoms with Crippen molar-refractivity contribution in [2.45, 2.75) is 32.4 Å². The number of hydrogen-bond acceptors (Lipinski definition) is 6. The van der Waals surface area contributed by atoms with E-state index in [0.717, 1.165) is 12.1 Å². The van der Waals surface area contributed by atoms with Crippen molar-refractivity contribution >= 4 is 11.4 Å². The lowest BCUT2D eigenvalue weighted by Gasteiger charge is -2.25. The SMILES string of the molecule is CC1C=C(c2ccn3cc(-c4ccc(-n5nccn5)cc4O)nc3n2)CC(C)N1. The average molecular weight is 387 g/mol. The summed E-state index contributed by atoms with van der Waals surface area (Å²) in [7, 11) is 0. The van der Waals surface area contributed by atoms with E-state index in [-0.39, 0.29) is 5.75 Å². The van der Waals surface area contributed by atoms with Crippen LogP contribution in [0.5, 0.6) is 5.75 Å². The number of aromatic hydroxyl groups is 1. The van der Waals surface area contributed by atoms with E-state index in [1.807, 2.05) is 35.0 Å². The molecule has 0 saturated heterocycles. The van der Waals surface area contributed by atoms with Crippen LogP contribution in [0.4, 0.5) is 0 Å². The van der Waals surface area contributed by atoms with Gasteiger partial charge in [0.05, 0.1) is 29.5 Å². The normalized spacial score (nSPS) is 19.4. The van der Waals surface area contributed by atoms with E-state index >= 15 is 0 Å². The van der Waals surface area contributed by atoms with Gasteiger partial charge in [0, 0.05) is 36.1 Å². The summed E-state index contributed by atoms with van der Waals surface area (Å²) < 4.78 is 1.87. The van der Waals surface area contributed by atoms with Gasteiger partial charge in [-0.05, 0) is 44.0 Å². The van der Waals surface area contributed by atoms with E-state index < -0.39 is 0 Å². The Hall–Kier alpha value is -3.52. The average Bonchev–Trinajstić information content (AvgIpc) is 3.36. The predicted octanol–water partition coefficient (Wildman–Crippen LogP) is 2.84. The van der Waals surface area contributed by atoms with Crippen LogP contribution in [0.3, 0.4) is 0 Å². The van der Waals surface area contributed by atoms with Crippen LogP contribution in [-0.2, 0) is 0 Å². The van der Waals surface area contributed by atoms with E-state index in [1.54, 1.807) is 18.5 Å². The minimum atomic E-state index is 0.118. The molecule has 0 bridgehead atoms. The number of phenolic OH excluding ortho intramolecular Hbond substituents is 1. The lowest BCUT2D eigenvalue weighted by Crippen LogP contribution is -2.36. The lowest BCUT2D eigenvalue weighted by atomic mass is 9.97. The first-order valence-electron chi connectivity index (χ1n) is 9.60. The van der Waals surface area contributed by atoms with Crippen molar-refractivity contribution in [2.24, 2.45) is 0 Å². The minimum absolute atomic E-state index is 0.118. The Morgan fingerprint density at radius 1 is 1.07 bits per heavy atom. The number of fused-ring (bicyclic) bond motifs is 1. The Kier molecular flexibility index (Phi) is 4.13.